The number of rotatable bonds is 7. The van der Waals surface area contributed by atoms with Gasteiger partial charge in [-0.05, 0) is 37.0 Å². The largest absolute Gasteiger partial charge is 0.379 e. The Morgan fingerprint density at radius 2 is 1.94 bits per heavy atom. The van der Waals surface area contributed by atoms with Crippen LogP contribution in [0.4, 0.5) is 0 Å². The zero-order chi connectivity index (χ0) is 12.7. The first kappa shape index (κ1) is 14.2. The molecule has 17 heavy (non-hydrogen) atoms. The minimum atomic E-state index is -0.00377. The molecule has 0 aliphatic heterocycles. The summed E-state index contributed by atoms with van der Waals surface area (Å²) in [5.74, 6) is 0. The number of benzene rings is 1. The maximum absolute atomic E-state index is 6.10. The molecular weight excluding hydrogens is 210 g/mol. The van der Waals surface area contributed by atoms with Gasteiger partial charge in [-0.2, -0.15) is 0 Å². The van der Waals surface area contributed by atoms with Crippen LogP contribution in [0.5, 0.6) is 0 Å². The fourth-order valence-electron chi connectivity index (χ4n) is 1.76. The predicted molar refractivity (Wildman–Crippen MR) is 73.2 cm³/mol. The average Bonchev–Trinajstić information content (AvgIpc) is 2.32. The van der Waals surface area contributed by atoms with Crippen molar-refractivity contribution in [2.45, 2.75) is 46.1 Å². The van der Waals surface area contributed by atoms with E-state index in [0.29, 0.717) is 6.61 Å². The van der Waals surface area contributed by atoms with Gasteiger partial charge in [-0.3, -0.25) is 0 Å². The first-order valence-corrected chi connectivity index (χ1v) is 6.55. The predicted octanol–water partition coefficient (Wildman–Crippen LogP) is 3.51. The third kappa shape index (κ3) is 4.88. The second-order valence-electron chi connectivity index (χ2n) is 4.73. The number of hydrogen-bond donors (Lipinski definition) is 1. The van der Waals surface area contributed by atoms with E-state index >= 15 is 0 Å². The Morgan fingerprint density at radius 3 is 2.59 bits per heavy atom. The first-order valence-electron chi connectivity index (χ1n) is 6.55. The van der Waals surface area contributed by atoms with Crippen molar-refractivity contribution in [2.75, 3.05) is 13.2 Å². The lowest BCUT2D eigenvalue weighted by Gasteiger charge is -2.14. The summed E-state index contributed by atoms with van der Waals surface area (Å²) < 4.78 is 5.60. The van der Waals surface area contributed by atoms with Crippen LogP contribution in [0.25, 0.3) is 0 Å². The summed E-state index contributed by atoms with van der Waals surface area (Å²) >= 11 is 0. The molecule has 96 valence electrons. The summed E-state index contributed by atoms with van der Waals surface area (Å²) in [6.07, 6.45) is 3.60. The van der Waals surface area contributed by atoms with E-state index in [1.165, 1.54) is 29.5 Å². The maximum atomic E-state index is 6.10. The van der Waals surface area contributed by atoms with Crippen molar-refractivity contribution in [2.24, 2.45) is 5.73 Å². The summed E-state index contributed by atoms with van der Waals surface area (Å²) in [5.41, 5.74) is 9.88. The number of nitrogens with two attached hydrogens (primary N) is 1. The molecule has 0 aliphatic rings. The van der Waals surface area contributed by atoms with Gasteiger partial charge in [-0.25, -0.2) is 0 Å². The lowest BCUT2D eigenvalue weighted by atomic mass is 10.0. The van der Waals surface area contributed by atoms with Crippen LogP contribution in [0.1, 0.15) is 48.9 Å². The zero-order valence-electron chi connectivity index (χ0n) is 11.3. The van der Waals surface area contributed by atoms with E-state index in [4.69, 9.17) is 10.5 Å². The van der Waals surface area contributed by atoms with E-state index in [1.807, 2.05) is 0 Å². The molecular formula is C15H25NO. The van der Waals surface area contributed by atoms with Crippen molar-refractivity contribution >= 4 is 0 Å². The molecule has 0 aromatic heterocycles. The van der Waals surface area contributed by atoms with Crippen molar-refractivity contribution < 1.29 is 4.74 Å². The molecule has 0 heterocycles. The summed E-state index contributed by atoms with van der Waals surface area (Å²) in [6, 6.07) is 6.38. The highest BCUT2D eigenvalue weighted by Crippen LogP contribution is 2.15. The van der Waals surface area contributed by atoms with Crippen molar-refractivity contribution in [3.05, 3.63) is 34.9 Å². The molecule has 2 N–H and O–H groups in total. The van der Waals surface area contributed by atoms with Gasteiger partial charge in [-0.1, -0.05) is 38.0 Å². The Balaban J connectivity index is 2.36. The fourth-order valence-corrected chi connectivity index (χ4v) is 1.76. The second kappa shape index (κ2) is 7.46. The van der Waals surface area contributed by atoms with Crippen LogP contribution in [0.15, 0.2) is 18.2 Å². The van der Waals surface area contributed by atoms with Gasteiger partial charge >= 0.3 is 0 Å². The van der Waals surface area contributed by atoms with Crippen LogP contribution in [-0.4, -0.2) is 13.2 Å². The molecule has 0 bridgehead atoms. The van der Waals surface area contributed by atoms with Crippen LogP contribution >= 0.6 is 0 Å². The van der Waals surface area contributed by atoms with Gasteiger partial charge in [0.15, 0.2) is 0 Å². The SMILES string of the molecule is CCCCCOCC(N)c1ccc(C)c(C)c1. The van der Waals surface area contributed by atoms with E-state index < -0.39 is 0 Å². The van der Waals surface area contributed by atoms with Crippen molar-refractivity contribution in [1.82, 2.24) is 0 Å². The molecule has 2 nitrogen and oxygen atoms in total. The molecule has 0 saturated carbocycles. The molecule has 0 saturated heterocycles. The van der Waals surface area contributed by atoms with Crippen molar-refractivity contribution in [3.8, 4) is 0 Å². The molecule has 1 atom stereocenters. The number of hydrogen-bond acceptors (Lipinski definition) is 2. The highest BCUT2D eigenvalue weighted by Gasteiger charge is 2.06. The van der Waals surface area contributed by atoms with Gasteiger partial charge in [0.05, 0.1) is 12.6 Å². The number of unbranched alkanes of at least 4 members (excludes halogenated alkanes) is 2. The van der Waals surface area contributed by atoms with Gasteiger partial charge in [0.2, 0.25) is 0 Å². The molecule has 2 heteroatoms. The van der Waals surface area contributed by atoms with Gasteiger partial charge in [-0.15, -0.1) is 0 Å². The third-order valence-corrected chi connectivity index (χ3v) is 3.15. The highest BCUT2D eigenvalue weighted by atomic mass is 16.5. The molecule has 0 radical (unpaired) electrons. The summed E-state index contributed by atoms with van der Waals surface area (Å²) in [5, 5.41) is 0. The van der Waals surface area contributed by atoms with Crippen LogP contribution < -0.4 is 5.73 Å². The van der Waals surface area contributed by atoms with E-state index in [9.17, 15) is 0 Å². The van der Waals surface area contributed by atoms with Crippen LogP contribution in [-0.2, 0) is 4.74 Å². The van der Waals surface area contributed by atoms with Crippen LogP contribution in [0.3, 0.4) is 0 Å². The average molecular weight is 235 g/mol. The second-order valence-corrected chi connectivity index (χ2v) is 4.73. The molecule has 0 amide bonds. The van der Waals surface area contributed by atoms with Crippen molar-refractivity contribution in [1.29, 1.82) is 0 Å². The monoisotopic (exact) mass is 235 g/mol. The van der Waals surface area contributed by atoms with Crippen LogP contribution in [0, 0.1) is 13.8 Å². The Hall–Kier alpha value is -0.860. The molecule has 1 rings (SSSR count). The quantitative estimate of drug-likeness (QED) is 0.734. The standard InChI is InChI=1S/C15H25NO/c1-4-5-6-9-17-11-15(16)14-8-7-12(2)13(3)10-14/h7-8,10,15H,4-6,9,11,16H2,1-3H3. The molecule has 1 aromatic rings. The minimum absolute atomic E-state index is 0.00377. The zero-order valence-corrected chi connectivity index (χ0v) is 11.3. The maximum Gasteiger partial charge on any atom is 0.0659 e. The number of aryl methyl sites for hydroxylation is 2. The van der Waals surface area contributed by atoms with E-state index in [0.717, 1.165) is 13.0 Å². The molecule has 1 aromatic carbocycles. The third-order valence-electron chi connectivity index (χ3n) is 3.15. The van der Waals surface area contributed by atoms with Gasteiger partial charge < -0.3 is 10.5 Å². The van der Waals surface area contributed by atoms with E-state index in [2.05, 4.69) is 39.0 Å². The smallest absolute Gasteiger partial charge is 0.0659 e. The first-order chi connectivity index (χ1) is 8.15. The highest BCUT2D eigenvalue weighted by molar-refractivity contribution is 5.31. The molecule has 0 spiro atoms. The fraction of sp³-hybridized carbons (Fsp3) is 0.600. The van der Waals surface area contributed by atoms with Gasteiger partial charge in [0.1, 0.15) is 0 Å². The lowest BCUT2D eigenvalue weighted by Crippen LogP contribution is -2.17. The summed E-state index contributed by atoms with van der Waals surface area (Å²) in [6.45, 7) is 7.87. The molecule has 0 aliphatic carbocycles. The summed E-state index contributed by atoms with van der Waals surface area (Å²) in [4.78, 5) is 0. The van der Waals surface area contributed by atoms with Crippen LogP contribution in [0.2, 0.25) is 0 Å². The van der Waals surface area contributed by atoms with E-state index in [-0.39, 0.29) is 6.04 Å². The topological polar surface area (TPSA) is 35.2 Å². The molecule has 1 unspecified atom stereocenters. The van der Waals surface area contributed by atoms with Crippen molar-refractivity contribution in [3.63, 3.8) is 0 Å². The van der Waals surface area contributed by atoms with Gasteiger partial charge in [0, 0.05) is 6.61 Å². The number of ether oxygens (including phenoxy) is 1. The molecule has 0 fully saturated rings. The normalized spacial score (nSPS) is 12.7. The van der Waals surface area contributed by atoms with Gasteiger partial charge in [0.25, 0.3) is 0 Å². The Bertz CT molecular complexity index is 336. The Labute approximate surface area is 105 Å². The van der Waals surface area contributed by atoms with E-state index in [1.54, 1.807) is 0 Å². The Morgan fingerprint density at radius 1 is 1.18 bits per heavy atom. The Kier molecular flexibility index (Phi) is 6.23. The lowest BCUT2D eigenvalue weighted by molar-refractivity contribution is 0.117. The summed E-state index contributed by atoms with van der Waals surface area (Å²) in [7, 11) is 0. The minimum Gasteiger partial charge on any atom is -0.379 e.